The van der Waals surface area contributed by atoms with E-state index >= 15 is 0 Å². The summed E-state index contributed by atoms with van der Waals surface area (Å²) in [4.78, 5) is 13.0. The van der Waals surface area contributed by atoms with Crippen molar-refractivity contribution in [3.05, 3.63) is 23.3 Å². The largest absolute Gasteiger partial charge is 0.493 e. The van der Waals surface area contributed by atoms with Crippen LogP contribution in [0.2, 0.25) is 0 Å². The van der Waals surface area contributed by atoms with Crippen LogP contribution >= 0.6 is 0 Å². The van der Waals surface area contributed by atoms with Crippen LogP contribution in [0.25, 0.3) is 0 Å². The van der Waals surface area contributed by atoms with Gasteiger partial charge in [0.15, 0.2) is 11.5 Å². The first kappa shape index (κ1) is 17.1. The van der Waals surface area contributed by atoms with Gasteiger partial charge in [0, 0.05) is 11.0 Å². The Kier molecular flexibility index (Phi) is 4.99. The summed E-state index contributed by atoms with van der Waals surface area (Å²) in [5.74, 6) is 1.49. The topological polar surface area (TPSA) is 49.2 Å². The number of nitrogens with one attached hydrogen (secondary N) is 1. The fourth-order valence-electron chi connectivity index (χ4n) is 4.52. The van der Waals surface area contributed by atoms with Crippen molar-refractivity contribution in [2.45, 2.75) is 44.1 Å². The number of benzene rings is 1. The number of hydrogen-bond donors (Lipinski definition) is 1. The van der Waals surface area contributed by atoms with Gasteiger partial charge in [-0.2, -0.15) is 0 Å². The van der Waals surface area contributed by atoms with Crippen molar-refractivity contribution in [2.24, 2.45) is 0 Å². The van der Waals surface area contributed by atoms with E-state index in [4.69, 9.17) is 14.2 Å². The van der Waals surface area contributed by atoms with E-state index in [1.54, 1.807) is 14.2 Å². The molecule has 3 rings (SSSR count). The van der Waals surface area contributed by atoms with Gasteiger partial charge < -0.3 is 19.1 Å². The minimum absolute atomic E-state index is 0.124. The molecular weight excluding hydrogens is 306 g/mol. The van der Waals surface area contributed by atoms with Crippen LogP contribution in [0, 0.1) is 0 Å². The number of methoxy groups -OCH3 is 3. The zero-order valence-corrected chi connectivity index (χ0v) is 14.9. The normalized spacial score (nSPS) is 21.4. The Hall–Kier alpha value is -1.75. The fraction of sp³-hybridized carbons (Fsp3) is 0.632. The molecule has 1 aromatic carbocycles. The second-order valence-corrected chi connectivity index (χ2v) is 7.03. The number of rotatable bonds is 5. The van der Waals surface area contributed by atoms with Crippen LogP contribution in [0.15, 0.2) is 12.1 Å². The van der Waals surface area contributed by atoms with Crippen LogP contribution in [0.5, 0.6) is 11.5 Å². The summed E-state index contributed by atoms with van der Waals surface area (Å²) in [6, 6.07) is 4.32. The van der Waals surface area contributed by atoms with Crippen molar-refractivity contribution in [2.75, 3.05) is 34.4 Å². The molecule has 1 aliphatic heterocycles. The summed E-state index contributed by atoms with van der Waals surface area (Å²) >= 11 is 0. The zero-order valence-electron chi connectivity index (χ0n) is 14.9. The lowest BCUT2D eigenvalue weighted by molar-refractivity contribution is -0.920. The summed E-state index contributed by atoms with van der Waals surface area (Å²) in [6.07, 6.45) is 5.47. The van der Waals surface area contributed by atoms with E-state index in [1.807, 2.05) is 0 Å². The van der Waals surface area contributed by atoms with Crippen LogP contribution in [0.3, 0.4) is 0 Å². The molecule has 24 heavy (non-hydrogen) atoms. The highest BCUT2D eigenvalue weighted by Crippen LogP contribution is 2.45. The minimum atomic E-state index is -0.124. The predicted molar refractivity (Wildman–Crippen MR) is 90.7 cm³/mol. The standard InChI is InChI=1S/C19H27NO4/c1-22-16-10-14-12-20(9-6-18(21)24-3)13-19(7-4-5-8-19)15(14)11-17(16)23-2/h10-11H,4-9,12-13H2,1-3H3/p+1. The molecule has 2 aliphatic rings. The average Bonchev–Trinajstić information content (AvgIpc) is 3.07. The van der Waals surface area contributed by atoms with E-state index in [-0.39, 0.29) is 11.4 Å². The summed E-state index contributed by atoms with van der Waals surface area (Å²) in [5, 5.41) is 0. The van der Waals surface area contributed by atoms with Gasteiger partial charge in [0.05, 0.1) is 40.8 Å². The number of carbonyl (C=O) groups is 1. The van der Waals surface area contributed by atoms with E-state index in [1.165, 1.54) is 48.8 Å². The van der Waals surface area contributed by atoms with Gasteiger partial charge in [-0.15, -0.1) is 0 Å². The van der Waals surface area contributed by atoms with Gasteiger partial charge in [-0.1, -0.05) is 12.8 Å². The van der Waals surface area contributed by atoms with Crippen molar-refractivity contribution in [3.63, 3.8) is 0 Å². The van der Waals surface area contributed by atoms with E-state index in [0.717, 1.165) is 31.1 Å². The van der Waals surface area contributed by atoms with Crippen LogP contribution < -0.4 is 14.4 Å². The molecule has 1 aromatic rings. The quantitative estimate of drug-likeness (QED) is 0.829. The third kappa shape index (κ3) is 3.09. The van der Waals surface area contributed by atoms with Crippen molar-refractivity contribution in [3.8, 4) is 11.5 Å². The van der Waals surface area contributed by atoms with Crippen molar-refractivity contribution in [1.82, 2.24) is 0 Å². The molecule has 0 saturated heterocycles. The molecule has 0 amide bonds. The first-order valence-electron chi connectivity index (χ1n) is 8.77. The molecule has 1 fully saturated rings. The van der Waals surface area contributed by atoms with E-state index in [2.05, 4.69) is 12.1 Å². The first-order valence-corrected chi connectivity index (χ1v) is 8.77. The van der Waals surface area contributed by atoms with E-state index < -0.39 is 0 Å². The van der Waals surface area contributed by atoms with Crippen LogP contribution in [-0.4, -0.2) is 40.4 Å². The summed E-state index contributed by atoms with van der Waals surface area (Å²) in [6.45, 7) is 2.84. The molecule has 1 N–H and O–H groups in total. The number of esters is 1. The Labute approximate surface area is 143 Å². The van der Waals surface area contributed by atoms with Gasteiger partial charge in [-0.3, -0.25) is 4.79 Å². The van der Waals surface area contributed by atoms with Gasteiger partial charge in [0.1, 0.15) is 6.54 Å². The van der Waals surface area contributed by atoms with Gasteiger partial charge in [0.2, 0.25) is 0 Å². The molecule has 1 saturated carbocycles. The Bertz CT molecular complexity index is 608. The molecule has 0 bridgehead atoms. The maximum Gasteiger partial charge on any atom is 0.311 e. The smallest absolute Gasteiger partial charge is 0.311 e. The number of quaternary nitrogens is 1. The third-order valence-corrected chi connectivity index (χ3v) is 5.68. The van der Waals surface area contributed by atoms with Crippen molar-refractivity contribution < 1.29 is 23.9 Å². The van der Waals surface area contributed by atoms with Gasteiger partial charge in [-0.25, -0.2) is 0 Å². The Morgan fingerprint density at radius 3 is 2.42 bits per heavy atom. The molecule has 1 atom stereocenters. The Balaban J connectivity index is 1.92. The summed E-state index contributed by atoms with van der Waals surface area (Å²) in [5.41, 5.74) is 2.98. The molecule has 1 spiro atoms. The predicted octanol–water partition coefficient (Wildman–Crippen LogP) is 1.48. The van der Waals surface area contributed by atoms with Crippen LogP contribution in [-0.2, 0) is 21.5 Å². The lowest BCUT2D eigenvalue weighted by Crippen LogP contribution is -3.13. The highest BCUT2D eigenvalue weighted by Gasteiger charge is 2.44. The number of hydrogen-bond acceptors (Lipinski definition) is 4. The monoisotopic (exact) mass is 334 g/mol. The molecule has 5 heteroatoms. The van der Waals surface area contributed by atoms with Crippen molar-refractivity contribution in [1.29, 1.82) is 0 Å². The molecule has 132 valence electrons. The summed E-state index contributed by atoms with van der Waals surface area (Å²) in [7, 11) is 4.83. The number of fused-ring (bicyclic) bond motifs is 2. The lowest BCUT2D eigenvalue weighted by atomic mass is 9.73. The molecule has 5 nitrogen and oxygen atoms in total. The molecule has 0 radical (unpaired) electrons. The summed E-state index contributed by atoms with van der Waals surface area (Å²) < 4.78 is 15.8. The van der Waals surface area contributed by atoms with Gasteiger partial charge >= 0.3 is 5.97 Å². The lowest BCUT2D eigenvalue weighted by Gasteiger charge is -2.40. The SMILES string of the molecule is COC(=O)CC[NH+]1Cc2cc(OC)c(OC)cc2C2(CCCC2)C1. The first-order chi connectivity index (χ1) is 11.6. The van der Waals surface area contributed by atoms with Crippen LogP contribution in [0.4, 0.5) is 0 Å². The average molecular weight is 334 g/mol. The molecule has 1 aliphatic carbocycles. The van der Waals surface area contributed by atoms with Crippen LogP contribution in [0.1, 0.15) is 43.2 Å². The maximum absolute atomic E-state index is 11.5. The van der Waals surface area contributed by atoms with E-state index in [0.29, 0.717) is 6.42 Å². The van der Waals surface area contributed by atoms with Gasteiger partial charge in [0.25, 0.3) is 0 Å². The molecular formula is C19H28NO4+. The Morgan fingerprint density at radius 1 is 1.12 bits per heavy atom. The zero-order chi connectivity index (χ0) is 17.2. The number of carbonyl (C=O) groups excluding carboxylic acids is 1. The molecule has 1 unspecified atom stereocenters. The Morgan fingerprint density at radius 2 is 1.79 bits per heavy atom. The third-order valence-electron chi connectivity index (χ3n) is 5.68. The highest BCUT2D eigenvalue weighted by atomic mass is 16.5. The van der Waals surface area contributed by atoms with Gasteiger partial charge in [-0.05, 0) is 30.5 Å². The minimum Gasteiger partial charge on any atom is -0.493 e. The second kappa shape index (κ2) is 7.01. The second-order valence-electron chi connectivity index (χ2n) is 7.03. The molecule has 0 aromatic heterocycles. The highest BCUT2D eigenvalue weighted by molar-refractivity contribution is 5.69. The molecule has 1 heterocycles. The van der Waals surface area contributed by atoms with E-state index in [9.17, 15) is 4.79 Å². The fourth-order valence-corrected chi connectivity index (χ4v) is 4.52. The van der Waals surface area contributed by atoms with Crippen molar-refractivity contribution >= 4 is 5.97 Å². The number of ether oxygens (including phenoxy) is 3. The maximum atomic E-state index is 11.5.